The SMILES string of the molecule is Cc1cccc(Cl)c1NC(=O)c1cnc(Nc2snc(O)c2C(=N)NC(C)CO)cc1Cl. The molecule has 0 aliphatic rings. The van der Waals surface area contributed by atoms with Crippen LogP contribution in [0.3, 0.4) is 0 Å². The zero-order valence-electron chi connectivity index (χ0n) is 17.0. The maximum Gasteiger partial charge on any atom is 0.258 e. The number of rotatable bonds is 7. The fourth-order valence-corrected chi connectivity index (χ4v) is 3.92. The van der Waals surface area contributed by atoms with Crippen molar-refractivity contribution in [1.29, 1.82) is 5.41 Å². The lowest BCUT2D eigenvalue weighted by atomic mass is 10.2. The van der Waals surface area contributed by atoms with Gasteiger partial charge in [0.25, 0.3) is 5.91 Å². The lowest BCUT2D eigenvalue weighted by molar-refractivity contribution is 0.102. The van der Waals surface area contributed by atoms with Crippen LogP contribution >= 0.6 is 34.7 Å². The van der Waals surface area contributed by atoms with Gasteiger partial charge in [-0.1, -0.05) is 35.3 Å². The summed E-state index contributed by atoms with van der Waals surface area (Å²) < 4.78 is 3.85. The van der Waals surface area contributed by atoms with Crippen molar-refractivity contribution in [2.45, 2.75) is 19.9 Å². The molecule has 32 heavy (non-hydrogen) atoms. The van der Waals surface area contributed by atoms with Crippen LogP contribution in [-0.4, -0.2) is 44.0 Å². The molecule has 0 spiro atoms. The van der Waals surface area contributed by atoms with Crippen LogP contribution in [0.25, 0.3) is 0 Å². The molecular formula is C20H20Cl2N6O3S. The number of aliphatic hydroxyl groups excluding tert-OH is 1. The number of carbonyl (C=O) groups is 1. The number of aliphatic hydroxyl groups is 1. The molecule has 9 nitrogen and oxygen atoms in total. The normalized spacial score (nSPS) is 11.7. The first kappa shape index (κ1) is 23.7. The largest absolute Gasteiger partial charge is 0.492 e. The Balaban J connectivity index is 1.79. The second-order valence-corrected chi connectivity index (χ2v) is 8.46. The van der Waals surface area contributed by atoms with E-state index >= 15 is 0 Å². The fraction of sp³-hybridized carbons (Fsp3) is 0.200. The first-order valence-corrected chi connectivity index (χ1v) is 10.9. The summed E-state index contributed by atoms with van der Waals surface area (Å²) in [5.74, 6) is -0.631. The van der Waals surface area contributed by atoms with Gasteiger partial charge >= 0.3 is 0 Å². The number of nitrogens with one attached hydrogen (secondary N) is 4. The minimum atomic E-state index is -0.467. The van der Waals surface area contributed by atoms with Crippen LogP contribution in [0, 0.1) is 12.3 Å². The Labute approximate surface area is 198 Å². The molecule has 168 valence electrons. The van der Waals surface area contributed by atoms with Gasteiger partial charge in [0.15, 0.2) is 0 Å². The lowest BCUT2D eigenvalue weighted by Gasteiger charge is -2.14. The van der Waals surface area contributed by atoms with Crippen molar-refractivity contribution in [2.75, 3.05) is 17.2 Å². The predicted octanol–water partition coefficient (Wildman–Crippen LogP) is 4.15. The van der Waals surface area contributed by atoms with Crippen LogP contribution < -0.4 is 16.0 Å². The molecule has 0 saturated heterocycles. The van der Waals surface area contributed by atoms with E-state index in [2.05, 4.69) is 25.3 Å². The Morgan fingerprint density at radius 1 is 1.31 bits per heavy atom. The number of aryl methyl sites for hydroxylation is 1. The molecule has 1 amide bonds. The number of nitrogens with zero attached hydrogens (tertiary/aromatic N) is 2. The molecule has 1 atom stereocenters. The minimum absolute atomic E-state index is 0.113. The van der Waals surface area contributed by atoms with Gasteiger partial charge in [0.2, 0.25) is 5.88 Å². The van der Waals surface area contributed by atoms with Gasteiger partial charge in [0.1, 0.15) is 22.2 Å². The van der Waals surface area contributed by atoms with E-state index in [4.69, 9.17) is 33.7 Å². The van der Waals surface area contributed by atoms with Crippen LogP contribution in [0.4, 0.5) is 16.5 Å². The number of amides is 1. The second-order valence-electron chi connectivity index (χ2n) is 6.87. The van der Waals surface area contributed by atoms with E-state index in [1.54, 1.807) is 19.1 Å². The van der Waals surface area contributed by atoms with Crippen molar-refractivity contribution in [1.82, 2.24) is 14.7 Å². The highest BCUT2D eigenvalue weighted by molar-refractivity contribution is 7.11. The number of anilines is 3. The van der Waals surface area contributed by atoms with Gasteiger partial charge in [-0.25, -0.2) is 4.98 Å². The molecule has 3 aromatic rings. The van der Waals surface area contributed by atoms with Gasteiger partial charge in [0.05, 0.1) is 27.9 Å². The number of hydrogen-bond acceptors (Lipinski definition) is 8. The minimum Gasteiger partial charge on any atom is -0.492 e. The number of benzene rings is 1. The lowest BCUT2D eigenvalue weighted by Crippen LogP contribution is -2.35. The molecule has 2 aromatic heterocycles. The highest BCUT2D eigenvalue weighted by Crippen LogP contribution is 2.33. The number of aromatic hydroxyl groups is 1. The molecule has 3 rings (SSSR count). The van der Waals surface area contributed by atoms with Crippen molar-refractivity contribution in [3.8, 4) is 5.88 Å². The molecule has 0 radical (unpaired) electrons. The summed E-state index contributed by atoms with van der Waals surface area (Å²) in [7, 11) is 0. The molecule has 0 fully saturated rings. The van der Waals surface area contributed by atoms with Crippen LogP contribution in [0.15, 0.2) is 30.5 Å². The quantitative estimate of drug-likeness (QED) is 0.214. The average Bonchev–Trinajstić information content (AvgIpc) is 3.10. The summed E-state index contributed by atoms with van der Waals surface area (Å²) in [6, 6.07) is 6.34. The molecule has 1 aromatic carbocycles. The average molecular weight is 495 g/mol. The predicted molar refractivity (Wildman–Crippen MR) is 127 cm³/mol. The van der Waals surface area contributed by atoms with E-state index in [0.717, 1.165) is 17.1 Å². The summed E-state index contributed by atoms with van der Waals surface area (Å²) in [4.78, 5) is 16.9. The molecule has 0 aliphatic heterocycles. The third-order valence-electron chi connectivity index (χ3n) is 4.39. The Hall–Kier alpha value is -2.92. The maximum absolute atomic E-state index is 12.7. The van der Waals surface area contributed by atoms with Gasteiger partial charge < -0.3 is 26.2 Å². The summed E-state index contributed by atoms with van der Waals surface area (Å²) in [6.07, 6.45) is 1.31. The Morgan fingerprint density at radius 3 is 2.72 bits per heavy atom. The molecule has 2 heterocycles. The Bertz CT molecular complexity index is 1150. The molecule has 0 saturated carbocycles. The van der Waals surface area contributed by atoms with Crippen molar-refractivity contribution in [2.24, 2.45) is 0 Å². The van der Waals surface area contributed by atoms with Gasteiger partial charge in [-0.05, 0) is 37.0 Å². The third kappa shape index (κ3) is 5.28. The molecule has 12 heteroatoms. The molecular weight excluding hydrogens is 475 g/mol. The highest BCUT2D eigenvalue weighted by atomic mass is 35.5. The second kappa shape index (κ2) is 10.1. The number of hydrogen-bond donors (Lipinski definition) is 6. The zero-order valence-corrected chi connectivity index (χ0v) is 19.4. The van der Waals surface area contributed by atoms with Gasteiger partial charge in [-0.2, -0.15) is 4.37 Å². The first-order chi connectivity index (χ1) is 15.2. The number of aromatic nitrogens is 2. The number of halogens is 2. The third-order valence-corrected chi connectivity index (χ3v) is 5.77. The summed E-state index contributed by atoms with van der Waals surface area (Å²) in [5.41, 5.74) is 1.57. The van der Waals surface area contributed by atoms with Crippen molar-refractivity contribution >= 4 is 63.0 Å². The highest BCUT2D eigenvalue weighted by Gasteiger charge is 2.21. The number of para-hydroxylation sites is 1. The summed E-state index contributed by atoms with van der Waals surface area (Å²) in [5, 5.41) is 36.7. The van der Waals surface area contributed by atoms with Gasteiger partial charge in [0, 0.05) is 18.3 Å². The van der Waals surface area contributed by atoms with Gasteiger partial charge in [-0.3, -0.25) is 10.2 Å². The van der Waals surface area contributed by atoms with Crippen LogP contribution in [0.5, 0.6) is 5.88 Å². The molecule has 1 unspecified atom stereocenters. The van der Waals surface area contributed by atoms with Crippen molar-refractivity contribution < 1.29 is 15.0 Å². The van der Waals surface area contributed by atoms with E-state index in [1.165, 1.54) is 12.3 Å². The van der Waals surface area contributed by atoms with Gasteiger partial charge in [-0.15, -0.1) is 0 Å². The van der Waals surface area contributed by atoms with Crippen LogP contribution in [0.1, 0.15) is 28.4 Å². The van der Waals surface area contributed by atoms with Crippen molar-refractivity contribution in [3.63, 3.8) is 0 Å². The summed E-state index contributed by atoms with van der Waals surface area (Å²) >= 11 is 13.4. The molecule has 6 N–H and O–H groups in total. The number of pyridine rings is 1. The summed E-state index contributed by atoms with van der Waals surface area (Å²) in [6.45, 7) is 3.33. The Morgan fingerprint density at radius 2 is 2.06 bits per heavy atom. The van der Waals surface area contributed by atoms with E-state index < -0.39 is 5.91 Å². The standard InChI is InChI=1S/C20H20Cl2N6O3S/c1-9-4-3-5-12(21)16(9)27-18(30)11-7-24-14(6-13(11)22)26-20-15(19(31)28-32-20)17(23)25-10(2)8-29/h3-7,10,29H,8H2,1-2H3,(H2,23,25)(H,24,26)(H,27,30)(H,28,31). The van der Waals surface area contributed by atoms with E-state index in [0.29, 0.717) is 15.7 Å². The number of carbonyl (C=O) groups excluding carboxylic acids is 1. The van der Waals surface area contributed by atoms with Crippen molar-refractivity contribution in [3.05, 3.63) is 57.2 Å². The first-order valence-electron chi connectivity index (χ1n) is 9.35. The smallest absolute Gasteiger partial charge is 0.258 e. The van der Waals surface area contributed by atoms with E-state index in [-0.39, 0.29) is 46.3 Å². The zero-order chi connectivity index (χ0) is 23.4. The maximum atomic E-state index is 12.7. The molecule has 0 bridgehead atoms. The van der Waals surface area contributed by atoms with Crippen LogP contribution in [0.2, 0.25) is 10.0 Å². The van der Waals surface area contributed by atoms with E-state index in [9.17, 15) is 9.90 Å². The van der Waals surface area contributed by atoms with Crippen LogP contribution in [-0.2, 0) is 0 Å². The molecule has 0 aliphatic carbocycles. The monoisotopic (exact) mass is 494 g/mol. The number of amidine groups is 1. The Kier molecular flexibility index (Phi) is 7.52. The van der Waals surface area contributed by atoms with E-state index in [1.807, 2.05) is 13.0 Å². The topological polar surface area (TPSA) is 143 Å². The fourth-order valence-electron chi connectivity index (χ4n) is 2.71.